The van der Waals surface area contributed by atoms with E-state index >= 15 is 0 Å². The van der Waals surface area contributed by atoms with Gasteiger partial charge in [-0.3, -0.25) is 10.1 Å². The highest BCUT2D eigenvalue weighted by Gasteiger charge is 2.11. The van der Waals surface area contributed by atoms with E-state index in [1.165, 1.54) is 16.7 Å². The van der Waals surface area contributed by atoms with Crippen LogP contribution in [-0.4, -0.2) is 10.9 Å². The number of hydrogen-bond acceptors (Lipinski definition) is 3. The van der Waals surface area contributed by atoms with Crippen molar-refractivity contribution in [2.45, 2.75) is 0 Å². The fourth-order valence-electron chi connectivity index (χ4n) is 2.67. The molecule has 0 saturated carbocycles. The number of fused-ring (bicyclic) bond motifs is 1. The van der Waals surface area contributed by atoms with Crippen molar-refractivity contribution in [2.75, 3.05) is 5.32 Å². The SMILES string of the molecule is O=C(Nc1nc(-c2cccc3ccccc23)cs1)c1ccc(Br)cc1. The average molecular weight is 409 g/mol. The van der Waals surface area contributed by atoms with Crippen LogP contribution in [0.3, 0.4) is 0 Å². The van der Waals surface area contributed by atoms with Crippen molar-refractivity contribution in [3.63, 3.8) is 0 Å². The standard InChI is InChI=1S/C20H13BrN2OS/c21-15-10-8-14(9-11-15)19(24)23-20-22-18(12-25-20)17-7-3-5-13-4-1-2-6-16(13)17/h1-12H,(H,22,23,24). The molecule has 0 radical (unpaired) electrons. The highest BCUT2D eigenvalue weighted by Crippen LogP contribution is 2.31. The Morgan fingerprint density at radius 1 is 0.960 bits per heavy atom. The lowest BCUT2D eigenvalue weighted by molar-refractivity contribution is 0.102. The molecule has 122 valence electrons. The summed E-state index contributed by atoms with van der Waals surface area (Å²) in [5.74, 6) is -0.161. The second-order valence-electron chi connectivity index (χ2n) is 5.53. The minimum atomic E-state index is -0.161. The van der Waals surface area contributed by atoms with E-state index in [4.69, 9.17) is 0 Å². The van der Waals surface area contributed by atoms with Gasteiger partial charge in [0.1, 0.15) is 0 Å². The molecule has 0 unspecified atom stereocenters. The lowest BCUT2D eigenvalue weighted by Crippen LogP contribution is -2.11. The van der Waals surface area contributed by atoms with Crippen LogP contribution in [0, 0.1) is 0 Å². The third-order valence-electron chi connectivity index (χ3n) is 3.90. The summed E-state index contributed by atoms with van der Waals surface area (Å²) >= 11 is 4.80. The molecule has 0 fully saturated rings. The number of thiazole rings is 1. The van der Waals surface area contributed by atoms with E-state index in [1.54, 1.807) is 12.1 Å². The number of benzene rings is 3. The second-order valence-corrected chi connectivity index (χ2v) is 7.30. The number of aromatic nitrogens is 1. The Morgan fingerprint density at radius 3 is 2.56 bits per heavy atom. The summed E-state index contributed by atoms with van der Waals surface area (Å²) in [5.41, 5.74) is 2.54. The first kappa shape index (κ1) is 16.0. The summed E-state index contributed by atoms with van der Waals surface area (Å²) in [5, 5.41) is 7.76. The van der Waals surface area contributed by atoms with E-state index in [0.717, 1.165) is 21.1 Å². The van der Waals surface area contributed by atoms with Gasteiger partial charge in [0.15, 0.2) is 5.13 Å². The van der Waals surface area contributed by atoms with Crippen molar-refractivity contribution in [1.29, 1.82) is 0 Å². The molecule has 4 aromatic rings. The van der Waals surface area contributed by atoms with Gasteiger partial charge in [0.25, 0.3) is 5.91 Å². The Hall–Kier alpha value is -2.50. The number of carbonyl (C=O) groups excluding carboxylic acids is 1. The summed E-state index contributed by atoms with van der Waals surface area (Å²) < 4.78 is 0.941. The molecular formula is C20H13BrN2OS. The van der Waals surface area contributed by atoms with Gasteiger partial charge in [-0.25, -0.2) is 4.98 Å². The number of nitrogens with zero attached hydrogens (tertiary/aromatic N) is 1. The second kappa shape index (κ2) is 6.78. The molecule has 0 aliphatic rings. The summed E-state index contributed by atoms with van der Waals surface area (Å²) in [4.78, 5) is 16.9. The zero-order chi connectivity index (χ0) is 17.2. The van der Waals surface area contributed by atoms with Crippen molar-refractivity contribution in [2.24, 2.45) is 0 Å². The van der Waals surface area contributed by atoms with Crippen molar-refractivity contribution < 1.29 is 4.79 Å². The van der Waals surface area contributed by atoms with E-state index < -0.39 is 0 Å². The molecule has 0 aliphatic carbocycles. The molecule has 5 heteroatoms. The van der Waals surface area contributed by atoms with Gasteiger partial charge in [0.05, 0.1) is 5.69 Å². The smallest absolute Gasteiger partial charge is 0.257 e. The molecule has 3 nitrogen and oxygen atoms in total. The highest BCUT2D eigenvalue weighted by atomic mass is 79.9. The Balaban J connectivity index is 1.62. The third kappa shape index (κ3) is 3.34. The van der Waals surface area contributed by atoms with Crippen LogP contribution in [-0.2, 0) is 0 Å². The number of nitrogens with one attached hydrogen (secondary N) is 1. The van der Waals surface area contributed by atoms with Crippen LogP contribution in [0.2, 0.25) is 0 Å². The Bertz CT molecular complexity index is 1050. The normalized spacial score (nSPS) is 10.8. The highest BCUT2D eigenvalue weighted by molar-refractivity contribution is 9.10. The zero-order valence-electron chi connectivity index (χ0n) is 13.1. The van der Waals surface area contributed by atoms with Crippen LogP contribution in [0.5, 0.6) is 0 Å². The van der Waals surface area contributed by atoms with Crippen LogP contribution in [0.15, 0.2) is 76.6 Å². The molecule has 1 heterocycles. The van der Waals surface area contributed by atoms with Crippen molar-refractivity contribution in [1.82, 2.24) is 4.98 Å². The number of hydrogen-bond donors (Lipinski definition) is 1. The predicted octanol–water partition coefficient (Wildman–Crippen LogP) is 5.98. The van der Waals surface area contributed by atoms with Crippen molar-refractivity contribution in [3.05, 3.63) is 82.1 Å². The third-order valence-corrected chi connectivity index (χ3v) is 5.18. The maximum Gasteiger partial charge on any atom is 0.257 e. The van der Waals surface area contributed by atoms with Crippen LogP contribution in [0.4, 0.5) is 5.13 Å². The predicted molar refractivity (Wildman–Crippen MR) is 107 cm³/mol. The van der Waals surface area contributed by atoms with Crippen molar-refractivity contribution in [3.8, 4) is 11.3 Å². The van der Waals surface area contributed by atoms with Gasteiger partial charge in [0, 0.05) is 21.0 Å². The summed E-state index contributed by atoms with van der Waals surface area (Å²) in [6, 6.07) is 21.6. The Labute approximate surface area is 157 Å². The van der Waals surface area contributed by atoms with Gasteiger partial charge in [0.2, 0.25) is 0 Å². The maximum atomic E-state index is 12.3. The van der Waals surface area contributed by atoms with Crippen LogP contribution in [0.25, 0.3) is 22.0 Å². The molecule has 0 saturated heterocycles. The fraction of sp³-hybridized carbons (Fsp3) is 0. The summed E-state index contributed by atoms with van der Waals surface area (Å²) in [6.45, 7) is 0. The molecule has 0 atom stereocenters. The molecule has 1 N–H and O–H groups in total. The van der Waals surface area contributed by atoms with Gasteiger partial charge in [-0.05, 0) is 35.0 Å². The van der Waals surface area contributed by atoms with Crippen LogP contribution >= 0.6 is 27.3 Å². The van der Waals surface area contributed by atoms with E-state index in [-0.39, 0.29) is 5.91 Å². The first-order chi connectivity index (χ1) is 12.2. The van der Waals surface area contributed by atoms with E-state index in [0.29, 0.717) is 10.7 Å². The topological polar surface area (TPSA) is 42.0 Å². The zero-order valence-corrected chi connectivity index (χ0v) is 15.5. The number of amides is 1. The largest absolute Gasteiger partial charge is 0.298 e. The molecular weight excluding hydrogens is 396 g/mol. The van der Waals surface area contributed by atoms with E-state index in [9.17, 15) is 4.79 Å². The lowest BCUT2D eigenvalue weighted by atomic mass is 10.0. The van der Waals surface area contributed by atoms with Crippen LogP contribution < -0.4 is 5.32 Å². The molecule has 0 bridgehead atoms. The summed E-state index contributed by atoms with van der Waals surface area (Å²) in [6.07, 6.45) is 0. The number of halogens is 1. The minimum Gasteiger partial charge on any atom is -0.298 e. The van der Waals surface area contributed by atoms with Gasteiger partial charge in [-0.1, -0.05) is 58.4 Å². The van der Waals surface area contributed by atoms with E-state index in [1.807, 2.05) is 35.7 Å². The first-order valence-corrected chi connectivity index (χ1v) is 9.38. The number of rotatable bonds is 3. The maximum absolute atomic E-state index is 12.3. The molecule has 0 aliphatic heterocycles. The van der Waals surface area contributed by atoms with E-state index in [2.05, 4.69) is 50.5 Å². The Morgan fingerprint density at radius 2 is 1.72 bits per heavy atom. The van der Waals surface area contributed by atoms with Gasteiger partial charge in [-0.15, -0.1) is 11.3 Å². The first-order valence-electron chi connectivity index (χ1n) is 7.71. The fourth-order valence-corrected chi connectivity index (χ4v) is 3.64. The molecule has 3 aromatic carbocycles. The summed E-state index contributed by atoms with van der Waals surface area (Å²) in [7, 11) is 0. The lowest BCUT2D eigenvalue weighted by Gasteiger charge is -2.04. The van der Waals surface area contributed by atoms with Gasteiger partial charge in [-0.2, -0.15) is 0 Å². The van der Waals surface area contributed by atoms with Crippen LogP contribution in [0.1, 0.15) is 10.4 Å². The van der Waals surface area contributed by atoms with Gasteiger partial charge >= 0.3 is 0 Å². The minimum absolute atomic E-state index is 0.161. The molecule has 0 spiro atoms. The number of carbonyl (C=O) groups is 1. The number of anilines is 1. The molecule has 4 rings (SSSR count). The molecule has 25 heavy (non-hydrogen) atoms. The average Bonchev–Trinajstić information content (AvgIpc) is 3.10. The van der Waals surface area contributed by atoms with Gasteiger partial charge < -0.3 is 0 Å². The molecule has 1 aromatic heterocycles. The monoisotopic (exact) mass is 408 g/mol. The quantitative estimate of drug-likeness (QED) is 0.453. The van der Waals surface area contributed by atoms with Crippen molar-refractivity contribution >= 4 is 49.1 Å². The Kier molecular flexibility index (Phi) is 4.34. The molecule has 1 amide bonds.